The molecule has 1 aromatic rings. The van der Waals surface area contributed by atoms with Gasteiger partial charge < -0.3 is 11.1 Å². The first-order valence-electron chi connectivity index (χ1n) is 4.22. The van der Waals surface area contributed by atoms with Crippen molar-refractivity contribution in [2.75, 3.05) is 18.0 Å². The van der Waals surface area contributed by atoms with Crippen LogP contribution in [0.2, 0.25) is 0 Å². The Labute approximate surface area is 89.5 Å². The summed E-state index contributed by atoms with van der Waals surface area (Å²) in [6.45, 7) is 0.778. The van der Waals surface area contributed by atoms with E-state index in [1.165, 1.54) is 11.3 Å². The average molecular weight is 230 g/mol. The lowest BCUT2D eigenvalue weighted by Gasteiger charge is -2.02. The SMILES string of the molecule is Nc1nnc(SCC2CNC(=O)C2)s1. The maximum absolute atomic E-state index is 10.9. The lowest BCUT2D eigenvalue weighted by Crippen LogP contribution is -2.14. The van der Waals surface area contributed by atoms with E-state index in [0.29, 0.717) is 17.5 Å². The molecule has 76 valence electrons. The van der Waals surface area contributed by atoms with E-state index >= 15 is 0 Å². The quantitative estimate of drug-likeness (QED) is 0.732. The molecule has 1 fully saturated rings. The largest absolute Gasteiger partial charge is 0.374 e. The first kappa shape index (κ1) is 9.72. The minimum absolute atomic E-state index is 0.146. The third-order valence-corrected chi connectivity index (χ3v) is 4.04. The summed E-state index contributed by atoms with van der Waals surface area (Å²) in [5, 5.41) is 10.9. The number of carbonyl (C=O) groups is 1. The van der Waals surface area contributed by atoms with E-state index in [4.69, 9.17) is 5.73 Å². The molecule has 0 aromatic carbocycles. The Morgan fingerprint density at radius 1 is 1.64 bits per heavy atom. The molecule has 7 heteroatoms. The van der Waals surface area contributed by atoms with Crippen molar-refractivity contribution in [3.8, 4) is 0 Å². The van der Waals surface area contributed by atoms with Crippen molar-refractivity contribution >= 4 is 34.1 Å². The molecular formula is C7H10N4OS2. The predicted octanol–water partition coefficient (Wildman–Crippen LogP) is 0.348. The number of rotatable bonds is 3. The van der Waals surface area contributed by atoms with Crippen LogP contribution in [-0.2, 0) is 4.79 Å². The van der Waals surface area contributed by atoms with Gasteiger partial charge in [-0.3, -0.25) is 4.79 Å². The summed E-state index contributed by atoms with van der Waals surface area (Å²) in [5.74, 6) is 1.46. The number of hydrogen-bond acceptors (Lipinski definition) is 6. The number of nitrogens with one attached hydrogen (secondary N) is 1. The average Bonchev–Trinajstić information content (AvgIpc) is 2.72. The van der Waals surface area contributed by atoms with Gasteiger partial charge in [0.2, 0.25) is 11.0 Å². The van der Waals surface area contributed by atoms with E-state index in [1.54, 1.807) is 11.8 Å². The summed E-state index contributed by atoms with van der Waals surface area (Å²) >= 11 is 3.00. The molecule has 1 aliphatic heterocycles. The molecule has 1 aliphatic rings. The molecule has 1 atom stereocenters. The molecule has 1 saturated heterocycles. The Kier molecular flexibility index (Phi) is 2.87. The molecule has 3 N–H and O–H groups in total. The summed E-state index contributed by atoms with van der Waals surface area (Å²) < 4.78 is 0.877. The van der Waals surface area contributed by atoms with Crippen molar-refractivity contribution in [3.05, 3.63) is 0 Å². The number of anilines is 1. The fraction of sp³-hybridized carbons (Fsp3) is 0.571. The molecule has 1 amide bonds. The van der Waals surface area contributed by atoms with Crippen molar-refractivity contribution in [1.82, 2.24) is 15.5 Å². The lowest BCUT2D eigenvalue weighted by molar-refractivity contribution is -0.119. The molecule has 2 rings (SSSR count). The number of nitrogens with zero attached hydrogens (tertiary/aromatic N) is 2. The van der Waals surface area contributed by atoms with Gasteiger partial charge in [0.05, 0.1) is 0 Å². The smallest absolute Gasteiger partial charge is 0.220 e. The molecule has 0 radical (unpaired) electrons. The van der Waals surface area contributed by atoms with Crippen molar-refractivity contribution in [2.45, 2.75) is 10.8 Å². The van der Waals surface area contributed by atoms with Crippen LogP contribution in [0.3, 0.4) is 0 Å². The van der Waals surface area contributed by atoms with Gasteiger partial charge in [0.1, 0.15) is 0 Å². The number of carbonyl (C=O) groups excluding carboxylic acids is 1. The van der Waals surface area contributed by atoms with Crippen LogP contribution in [0.25, 0.3) is 0 Å². The van der Waals surface area contributed by atoms with Crippen LogP contribution < -0.4 is 11.1 Å². The van der Waals surface area contributed by atoms with Gasteiger partial charge in [0, 0.05) is 18.7 Å². The van der Waals surface area contributed by atoms with Gasteiger partial charge in [0.15, 0.2) is 4.34 Å². The molecule has 1 aromatic heterocycles. The van der Waals surface area contributed by atoms with Crippen LogP contribution in [0, 0.1) is 5.92 Å². The minimum Gasteiger partial charge on any atom is -0.374 e. The highest BCUT2D eigenvalue weighted by molar-refractivity contribution is 8.01. The van der Waals surface area contributed by atoms with Crippen molar-refractivity contribution in [2.24, 2.45) is 5.92 Å². The van der Waals surface area contributed by atoms with Crippen LogP contribution in [0.15, 0.2) is 4.34 Å². The number of nitrogen functional groups attached to an aromatic ring is 1. The normalized spacial score (nSPS) is 21.1. The maximum Gasteiger partial charge on any atom is 0.220 e. The zero-order valence-electron chi connectivity index (χ0n) is 7.40. The zero-order valence-corrected chi connectivity index (χ0v) is 9.03. The Morgan fingerprint density at radius 3 is 3.07 bits per heavy atom. The summed E-state index contributed by atoms with van der Waals surface area (Å²) in [7, 11) is 0. The second kappa shape index (κ2) is 4.14. The zero-order chi connectivity index (χ0) is 9.97. The molecule has 0 bridgehead atoms. The number of thioether (sulfide) groups is 1. The van der Waals surface area contributed by atoms with Gasteiger partial charge in [-0.1, -0.05) is 23.1 Å². The van der Waals surface area contributed by atoms with Crippen LogP contribution >= 0.6 is 23.1 Å². The Morgan fingerprint density at radius 2 is 2.50 bits per heavy atom. The highest BCUT2D eigenvalue weighted by atomic mass is 32.2. The van der Waals surface area contributed by atoms with Crippen molar-refractivity contribution in [1.29, 1.82) is 0 Å². The summed E-state index contributed by atoms with van der Waals surface area (Å²) in [4.78, 5) is 10.9. The van der Waals surface area contributed by atoms with E-state index in [-0.39, 0.29) is 5.91 Å². The second-order valence-electron chi connectivity index (χ2n) is 3.09. The molecule has 1 unspecified atom stereocenters. The Balaban J connectivity index is 1.80. The molecule has 0 aliphatic carbocycles. The van der Waals surface area contributed by atoms with Gasteiger partial charge in [-0.05, 0) is 5.92 Å². The minimum atomic E-state index is 0.146. The van der Waals surface area contributed by atoms with E-state index in [0.717, 1.165) is 16.6 Å². The second-order valence-corrected chi connectivity index (χ2v) is 5.37. The maximum atomic E-state index is 10.9. The first-order valence-corrected chi connectivity index (χ1v) is 6.03. The summed E-state index contributed by atoms with van der Waals surface area (Å²) in [6.07, 6.45) is 0.626. The number of aromatic nitrogens is 2. The molecular weight excluding hydrogens is 220 g/mol. The third-order valence-electron chi connectivity index (χ3n) is 1.93. The topological polar surface area (TPSA) is 80.9 Å². The molecule has 5 nitrogen and oxygen atoms in total. The number of amides is 1. The highest BCUT2D eigenvalue weighted by Gasteiger charge is 2.21. The molecule has 0 spiro atoms. The van der Waals surface area contributed by atoms with Gasteiger partial charge in [-0.15, -0.1) is 10.2 Å². The molecule has 0 saturated carbocycles. The molecule has 14 heavy (non-hydrogen) atoms. The summed E-state index contributed by atoms with van der Waals surface area (Å²) in [6, 6.07) is 0. The van der Waals surface area contributed by atoms with Crippen molar-refractivity contribution < 1.29 is 4.79 Å². The third kappa shape index (κ3) is 2.36. The van der Waals surface area contributed by atoms with E-state index < -0.39 is 0 Å². The van der Waals surface area contributed by atoms with Gasteiger partial charge in [0.25, 0.3) is 0 Å². The van der Waals surface area contributed by atoms with Crippen molar-refractivity contribution in [3.63, 3.8) is 0 Å². The Bertz CT molecular complexity index is 340. The fourth-order valence-electron chi connectivity index (χ4n) is 1.25. The fourth-order valence-corrected chi connectivity index (χ4v) is 3.00. The first-order chi connectivity index (χ1) is 6.74. The van der Waals surface area contributed by atoms with Crippen LogP contribution in [0.5, 0.6) is 0 Å². The summed E-state index contributed by atoms with van der Waals surface area (Å²) in [5.41, 5.74) is 5.45. The van der Waals surface area contributed by atoms with E-state index in [1.807, 2.05) is 0 Å². The van der Waals surface area contributed by atoms with E-state index in [2.05, 4.69) is 15.5 Å². The van der Waals surface area contributed by atoms with Crippen LogP contribution in [0.4, 0.5) is 5.13 Å². The Hall–Kier alpha value is -0.820. The standard InChI is InChI=1S/C7H10N4OS2/c8-6-10-11-7(14-6)13-3-4-1-5(12)9-2-4/h4H,1-3H2,(H2,8,10)(H,9,12). The monoisotopic (exact) mass is 230 g/mol. The molecule has 2 heterocycles. The van der Waals surface area contributed by atoms with Gasteiger partial charge >= 0.3 is 0 Å². The number of nitrogens with two attached hydrogens (primary N) is 1. The number of hydrogen-bond donors (Lipinski definition) is 2. The highest BCUT2D eigenvalue weighted by Crippen LogP contribution is 2.27. The lowest BCUT2D eigenvalue weighted by atomic mass is 10.1. The van der Waals surface area contributed by atoms with Gasteiger partial charge in [-0.25, -0.2) is 0 Å². The van der Waals surface area contributed by atoms with Crippen LogP contribution in [0.1, 0.15) is 6.42 Å². The van der Waals surface area contributed by atoms with Crippen LogP contribution in [-0.4, -0.2) is 28.4 Å². The van der Waals surface area contributed by atoms with E-state index in [9.17, 15) is 4.79 Å². The van der Waals surface area contributed by atoms with Gasteiger partial charge in [-0.2, -0.15) is 0 Å². The predicted molar refractivity (Wildman–Crippen MR) is 56.2 cm³/mol.